The molecule has 1 saturated heterocycles. The van der Waals surface area contributed by atoms with E-state index in [1.807, 2.05) is 13.0 Å². The van der Waals surface area contributed by atoms with Crippen LogP contribution in [0.15, 0.2) is 23.1 Å². The average Bonchev–Trinajstić information content (AvgIpc) is 2.38. The smallest absolute Gasteiger partial charge is 0.243 e. The van der Waals surface area contributed by atoms with Crippen molar-refractivity contribution in [2.75, 3.05) is 18.8 Å². The first-order valence-corrected chi connectivity index (χ1v) is 8.27. The van der Waals surface area contributed by atoms with Crippen LogP contribution in [0, 0.1) is 5.92 Å². The predicted octanol–water partition coefficient (Wildman–Crippen LogP) is 2.25. The second kappa shape index (κ2) is 5.51. The van der Waals surface area contributed by atoms with Gasteiger partial charge in [0.25, 0.3) is 0 Å². The van der Waals surface area contributed by atoms with E-state index in [4.69, 9.17) is 5.73 Å². The van der Waals surface area contributed by atoms with Gasteiger partial charge in [-0.1, -0.05) is 19.9 Å². The highest BCUT2D eigenvalue weighted by atomic mass is 32.2. The van der Waals surface area contributed by atoms with Crippen molar-refractivity contribution in [3.05, 3.63) is 23.8 Å². The summed E-state index contributed by atoms with van der Waals surface area (Å²) < 4.78 is 27.1. The van der Waals surface area contributed by atoms with Crippen LogP contribution in [0.5, 0.6) is 0 Å². The molecular weight excluding hydrogens is 260 g/mol. The van der Waals surface area contributed by atoms with E-state index in [1.54, 1.807) is 16.4 Å². The lowest BCUT2D eigenvalue weighted by atomic mass is 10.0. The van der Waals surface area contributed by atoms with E-state index in [1.165, 1.54) is 0 Å². The van der Waals surface area contributed by atoms with E-state index in [9.17, 15) is 8.42 Å². The summed E-state index contributed by atoms with van der Waals surface area (Å²) in [4.78, 5) is 0.379. The summed E-state index contributed by atoms with van der Waals surface area (Å²) in [6, 6.07) is 5.17. The van der Waals surface area contributed by atoms with Crippen molar-refractivity contribution in [2.45, 2.75) is 38.0 Å². The summed E-state index contributed by atoms with van der Waals surface area (Å²) in [5.74, 6) is 0.426. The summed E-state index contributed by atoms with van der Waals surface area (Å²) in [6.45, 7) is 5.29. The topological polar surface area (TPSA) is 63.4 Å². The summed E-state index contributed by atoms with van der Waals surface area (Å²) in [5.41, 5.74) is 7.09. The molecule has 0 spiro atoms. The summed E-state index contributed by atoms with van der Waals surface area (Å²) in [7, 11) is -3.41. The second-order valence-electron chi connectivity index (χ2n) is 5.33. The van der Waals surface area contributed by atoms with Gasteiger partial charge in [0.15, 0.2) is 0 Å². The number of benzene rings is 1. The number of aryl methyl sites for hydroxylation is 1. The van der Waals surface area contributed by atoms with Gasteiger partial charge in [0.1, 0.15) is 0 Å². The van der Waals surface area contributed by atoms with Gasteiger partial charge >= 0.3 is 0 Å². The maximum absolute atomic E-state index is 12.7. The van der Waals surface area contributed by atoms with Crippen molar-refractivity contribution in [3.8, 4) is 0 Å². The molecule has 1 unspecified atom stereocenters. The monoisotopic (exact) mass is 282 g/mol. The second-order valence-corrected chi connectivity index (χ2v) is 7.24. The molecule has 4 nitrogen and oxygen atoms in total. The van der Waals surface area contributed by atoms with Gasteiger partial charge in [-0.05, 0) is 42.9 Å². The molecule has 0 saturated carbocycles. The van der Waals surface area contributed by atoms with Crippen molar-refractivity contribution >= 4 is 15.7 Å². The SMILES string of the molecule is CCc1ccc(N)cc1S(=O)(=O)N1CCCC(C)C1. The third-order valence-corrected chi connectivity index (χ3v) is 5.66. The Morgan fingerprint density at radius 1 is 1.42 bits per heavy atom. The van der Waals surface area contributed by atoms with Crippen molar-refractivity contribution in [1.29, 1.82) is 0 Å². The van der Waals surface area contributed by atoms with Crippen molar-refractivity contribution in [2.24, 2.45) is 5.92 Å². The fourth-order valence-corrected chi connectivity index (χ4v) is 4.53. The van der Waals surface area contributed by atoms with Crippen LogP contribution >= 0.6 is 0 Å². The van der Waals surface area contributed by atoms with Crippen molar-refractivity contribution in [1.82, 2.24) is 4.31 Å². The van der Waals surface area contributed by atoms with Crippen LogP contribution in [0.4, 0.5) is 5.69 Å². The van der Waals surface area contributed by atoms with Gasteiger partial charge in [0.05, 0.1) is 4.90 Å². The normalized spacial score (nSPS) is 21.5. The fraction of sp³-hybridized carbons (Fsp3) is 0.571. The van der Waals surface area contributed by atoms with Gasteiger partial charge in [-0.15, -0.1) is 0 Å². The molecule has 2 N–H and O–H groups in total. The van der Waals surface area contributed by atoms with Gasteiger partial charge in [0, 0.05) is 18.8 Å². The van der Waals surface area contributed by atoms with Gasteiger partial charge < -0.3 is 5.73 Å². The Morgan fingerprint density at radius 2 is 2.16 bits per heavy atom. The molecule has 0 aliphatic carbocycles. The molecule has 0 radical (unpaired) electrons. The van der Waals surface area contributed by atoms with Gasteiger partial charge in [-0.3, -0.25) is 0 Å². The molecule has 2 rings (SSSR count). The minimum atomic E-state index is -3.41. The maximum atomic E-state index is 12.7. The number of anilines is 1. The Morgan fingerprint density at radius 3 is 2.79 bits per heavy atom. The third-order valence-electron chi connectivity index (χ3n) is 3.71. The first kappa shape index (κ1) is 14.3. The lowest BCUT2D eigenvalue weighted by molar-refractivity contribution is 0.281. The zero-order valence-corrected chi connectivity index (χ0v) is 12.4. The van der Waals surface area contributed by atoms with Gasteiger partial charge in [-0.2, -0.15) is 4.31 Å². The molecule has 1 aliphatic heterocycles. The zero-order chi connectivity index (χ0) is 14.0. The lowest BCUT2D eigenvalue weighted by Gasteiger charge is -2.30. The van der Waals surface area contributed by atoms with Gasteiger partial charge in [0.2, 0.25) is 10.0 Å². The predicted molar refractivity (Wildman–Crippen MR) is 77.4 cm³/mol. The molecule has 1 fully saturated rings. The average molecular weight is 282 g/mol. The highest BCUT2D eigenvalue weighted by Gasteiger charge is 2.30. The molecule has 5 heteroatoms. The first-order chi connectivity index (χ1) is 8.95. The minimum Gasteiger partial charge on any atom is -0.399 e. The van der Waals surface area contributed by atoms with E-state index in [-0.39, 0.29) is 0 Å². The molecule has 1 aliphatic rings. The van der Waals surface area contributed by atoms with Crippen molar-refractivity contribution < 1.29 is 8.42 Å². The molecule has 1 atom stereocenters. The van der Waals surface area contributed by atoms with Crippen LogP contribution in [0.1, 0.15) is 32.3 Å². The lowest BCUT2D eigenvalue weighted by Crippen LogP contribution is -2.39. The Labute approximate surface area is 115 Å². The molecule has 1 aromatic carbocycles. The Balaban J connectivity index is 2.41. The number of nitrogens with zero attached hydrogens (tertiary/aromatic N) is 1. The molecule has 0 bridgehead atoms. The van der Waals surface area contributed by atoms with Crippen LogP contribution in [-0.4, -0.2) is 25.8 Å². The van der Waals surface area contributed by atoms with Crippen LogP contribution in [0.25, 0.3) is 0 Å². The van der Waals surface area contributed by atoms with E-state index in [2.05, 4.69) is 6.92 Å². The number of sulfonamides is 1. The first-order valence-electron chi connectivity index (χ1n) is 6.83. The summed E-state index contributed by atoms with van der Waals surface area (Å²) >= 11 is 0. The standard InChI is InChI=1S/C14H22N2O2S/c1-3-12-6-7-13(15)9-14(12)19(17,18)16-8-4-5-11(2)10-16/h6-7,9,11H,3-5,8,10,15H2,1-2H3. The van der Waals surface area contributed by atoms with Crippen LogP contribution in [-0.2, 0) is 16.4 Å². The zero-order valence-electron chi connectivity index (χ0n) is 11.6. The largest absolute Gasteiger partial charge is 0.399 e. The number of hydrogen-bond donors (Lipinski definition) is 1. The van der Waals surface area contributed by atoms with Crippen LogP contribution < -0.4 is 5.73 Å². The summed E-state index contributed by atoms with van der Waals surface area (Å²) in [6.07, 6.45) is 2.73. The third kappa shape index (κ3) is 2.92. The highest BCUT2D eigenvalue weighted by Crippen LogP contribution is 2.27. The molecule has 106 valence electrons. The molecule has 1 heterocycles. The van der Waals surface area contributed by atoms with Crippen molar-refractivity contribution in [3.63, 3.8) is 0 Å². The molecule has 0 amide bonds. The Kier molecular flexibility index (Phi) is 4.16. The highest BCUT2D eigenvalue weighted by molar-refractivity contribution is 7.89. The van der Waals surface area contributed by atoms with E-state index in [0.717, 1.165) is 18.4 Å². The Hall–Kier alpha value is -1.07. The number of piperidine rings is 1. The van der Waals surface area contributed by atoms with E-state index in [0.29, 0.717) is 36.0 Å². The molecule has 19 heavy (non-hydrogen) atoms. The molecule has 0 aromatic heterocycles. The summed E-state index contributed by atoms with van der Waals surface area (Å²) in [5, 5.41) is 0. The van der Waals surface area contributed by atoms with Crippen LogP contribution in [0.2, 0.25) is 0 Å². The number of nitrogen functional groups attached to an aromatic ring is 1. The van der Waals surface area contributed by atoms with E-state index >= 15 is 0 Å². The fourth-order valence-electron chi connectivity index (χ4n) is 2.61. The number of rotatable bonds is 3. The maximum Gasteiger partial charge on any atom is 0.243 e. The quantitative estimate of drug-likeness (QED) is 0.865. The Bertz CT molecular complexity index is 555. The van der Waals surface area contributed by atoms with Gasteiger partial charge in [-0.25, -0.2) is 8.42 Å². The number of hydrogen-bond acceptors (Lipinski definition) is 3. The molecule has 1 aromatic rings. The number of nitrogens with two attached hydrogens (primary N) is 1. The van der Waals surface area contributed by atoms with E-state index < -0.39 is 10.0 Å². The van der Waals surface area contributed by atoms with Crippen LogP contribution in [0.3, 0.4) is 0 Å². The minimum absolute atomic E-state index is 0.379. The molecular formula is C14H22N2O2S.